The van der Waals surface area contributed by atoms with Gasteiger partial charge in [0, 0.05) is 6.20 Å². The van der Waals surface area contributed by atoms with Crippen molar-refractivity contribution in [2.45, 2.75) is 13.5 Å². The van der Waals surface area contributed by atoms with Gasteiger partial charge in [0.05, 0.1) is 24.9 Å². The van der Waals surface area contributed by atoms with Gasteiger partial charge in [-0.25, -0.2) is 9.97 Å². The van der Waals surface area contributed by atoms with Crippen molar-refractivity contribution in [1.82, 2.24) is 20.2 Å². The lowest BCUT2D eigenvalue weighted by Crippen LogP contribution is -2.06. The number of anilines is 1. The van der Waals surface area contributed by atoms with E-state index in [-0.39, 0.29) is 0 Å². The number of methoxy groups -OCH3 is 1. The Bertz CT molecular complexity index is 488. The molecule has 2 heterocycles. The van der Waals surface area contributed by atoms with Gasteiger partial charge in [-0.2, -0.15) is 10.2 Å². The van der Waals surface area contributed by atoms with Crippen LogP contribution in [0.2, 0.25) is 0 Å². The Balaban J connectivity index is 2.09. The first-order valence-corrected chi connectivity index (χ1v) is 5.17. The van der Waals surface area contributed by atoms with Gasteiger partial charge in [0.1, 0.15) is 12.1 Å². The monoisotopic (exact) mass is 231 g/mol. The molecule has 2 aromatic heterocycles. The number of hydrogen-bond donors (Lipinski definition) is 1. The average Bonchev–Trinajstić information content (AvgIpc) is 2.39. The maximum atomic E-state index is 5.12. The molecule has 0 saturated heterocycles. The van der Waals surface area contributed by atoms with Crippen LogP contribution in [0, 0.1) is 6.92 Å². The molecule has 0 aliphatic carbocycles. The molecule has 0 spiro atoms. The molecule has 0 radical (unpaired) electrons. The minimum Gasteiger partial charge on any atom is -0.481 e. The second-order valence-electron chi connectivity index (χ2n) is 3.43. The Morgan fingerprint density at radius 3 is 2.94 bits per heavy atom. The summed E-state index contributed by atoms with van der Waals surface area (Å²) < 4.78 is 5.12. The van der Waals surface area contributed by atoms with Crippen molar-refractivity contribution < 1.29 is 4.74 Å². The van der Waals surface area contributed by atoms with E-state index < -0.39 is 0 Å². The van der Waals surface area contributed by atoms with Crippen molar-refractivity contribution in [1.29, 1.82) is 0 Å². The summed E-state index contributed by atoms with van der Waals surface area (Å²) in [6.45, 7) is 2.46. The van der Waals surface area contributed by atoms with Gasteiger partial charge in [-0.05, 0) is 19.1 Å². The lowest BCUT2D eigenvalue weighted by molar-refractivity contribution is 0.393. The standard InChI is InChI=1S/C11H13N5O/c1-8-10(13-7-14-11(8)17-2)12-6-9-4-3-5-15-16-9/h3-5,7H,6H2,1-2H3,(H,12,13,14). The molecule has 2 aromatic rings. The van der Waals surface area contributed by atoms with Crippen molar-refractivity contribution in [3.63, 3.8) is 0 Å². The quantitative estimate of drug-likeness (QED) is 0.852. The maximum absolute atomic E-state index is 5.12. The summed E-state index contributed by atoms with van der Waals surface area (Å²) >= 11 is 0. The first-order chi connectivity index (χ1) is 8.31. The fourth-order valence-corrected chi connectivity index (χ4v) is 1.42. The number of nitrogens with zero attached hydrogens (tertiary/aromatic N) is 4. The lowest BCUT2D eigenvalue weighted by Gasteiger charge is -2.09. The zero-order valence-corrected chi connectivity index (χ0v) is 9.71. The first kappa shape index (κ1) is 11.3. The summed E-state index contributed by atoms with van der Waals surface area (Å²) in [5, 5.41) is 11.0. The molecule has 0 unspecified atom stereocenters. The zero-order chi connectivity index (χ0) is 12.1. The van der Waals surface area contributed by atoms with E-state index in [2.05, 4.69) is 25.5 Å². The molecule has 0 bridgehead atoms. The van der Waals surface area contributed by atoms with E-state index in [1.807, 2.05) is 19.1 Å². The SMILES string of the molecule is COc1ncnc(NCc2cccnn2)c1C. The van der Waals surface area contributed by atoms with Crippen LogP contribution < -0.4 is 10.1 Å². The number of ether oxygens (including phenoxy) is 1. The minimum absolute atomic E-state index is 0.564. The van der Waals surface area contributed by atoms with Crippen molar-refractivity contribution in [3.05, 3.63) is 35.9 Å². The molecule has 6 heteroatoms. The van der Waals surface area contributed by atoms with E-state index in [9.17, 15) is 0 Å². The Morgan fingerprint density at radius 2 is 2.24 bits per heavy atom. The van der Waals surface area contributed by atoms with E-state index in [0.29, 0.717) is 12.4 Å². The smallest absolute Gasteiger partial charge is 0.221 e. The molecule has 0 aliphatic heterocycles. The summed E-state index contributed by atoms with van der Waals surface area (Å²) in [5.41, 5.74) is 1.73. The van der Waals surface area contributed by atoms with Gasteiger partial charge in [0.2, 0.25) is 5.88 Å². The third-order valence-electron chi connectivity index (χ3n) is 2.30. The highest BCUT2D eigenvalue weighted by Crippen LogP contribution is 2.19. The van der Waals surface area contributed by atoms with E-state index in [1.165, 1.54) is 6.33 Å². The van der Waals surface area contributed by atoms with E-state index in [0.717, 1.165) is 17.1 Å². The Morgan fingerprint density at radius 1 is 1.35 bits per heavy atom. The molecule has 6 nitrogen and oxygen atoms in total. The van der Waals surface area contributed by atoms with Crippen LogP contribution in [-0.4, -0.2) is 27.3 Å². The molecular weight excluding hydrogens is 218 g/mol. The van der Waals surface area contributed by atoms with Gasteiger partial charge >= 0.3 is 0 Å². The lowest BCUT2D eigenvalue weighted by atomic mass is 10.3. The van der Waals surface area contributed by atoms with Crippen LogP contribution in [0.15, 0.2) is 24.7 Å². The summed E-state index contributed by atoms with van der Waals surface area (Å²) in [6.07, 6.45) is 3.10. The number of nitrogens with one attached hydrogen (secondary N) is 1. The highest BCUT2D eigenvalue weighted by molar-refractivity contribution is 5.47. The van der Waals surface area contributed by atoms with Gasteiger partial charge in [-0.15, -0.1) is 0 Å². The Hall–Kier alpha value is -2.24. The molecule has 88 valence electrons. The Labute approximate surface area is 99.1 Å². The average molecular weight is 231 g/mol. The molecule has 0 fully saturated rings. The van der Waals surface area contributed by atoms with E-state index in [1.54, 1.807) is 13.3 Å². The van der Waals surface area contributed by atoms with Crippen LogP contribution in [0.25, 0.3) is 0 Å². The molecule has 0 amide bonds. The fraction of sp³-hybridized carbons (Fsp3) is 0.273. The second-order valence-corrected chi connectivity index (χ2v) is 3.43. The van der Waals surface area contributed by atoms with Crippen LogP contribution in [0.4, 0.5) is 5.82 Å². The highest BCUT2D eigenvalue weighted by Gasteiger charge is 2.06. The largest absolute Gasteiger partial charge is 0.481 e. The predicted molar refractivity (Wildman–Crippen MR) is 62.7 cm³/mol. The van der Waals surface area contributed by atoms with Crippen LogP contribution >= 0.6 is 0 Å². The molecule has 0 aliphatic rings. The summed E-state index contributed by atoms with van der Waals surface area (Å²) in [6, 6.07) is 3.74. The third kappa shape index (κ3) is 2.66. The maximum Gasteiger partial charge on any atom is 0.221 e. The van der Waals surface area contributed by atoms with Crippen molar-refractivity contribution >= 4 is 5.82 Å². The molecule has 1 N–H and O–H groups in total. The van der Waals surface area contributed by atoms with Crippen LogP contribution in [0.5, 0.6) is 5.88 Å². The second kappa shape index (κ2) is 5.20. The van der Waals surface area contributed by atoms with E-state index >= 15 is 0 Å². The summed E-state index contributed by atoms with van der Waals surface area (Å²) in [4.78, 5) is 8.16. The zero-order valence-electron chi connectivity index (χ0n) is 9.71. The number of hydrogen-bond acceptors (Lipinski definition) is 6. The highest BCUT2D eigenvalue weighted by atomic mass is 16.5. The molecule has 0 aromatic carbocycles. The van der Waals surface area contributed by atoms with Crippen molar-refractivity contribution in [2.75, 3.05) is 12.4 Å². The van der Waals surface area contributed by atoms with Gasteiger partial charge in [-0.1, -0.05) is 0 Å². The molecule has 0 saturated carbocycles. The van der Waals surface area contributed by atoms with Crippen molar-refractivity contribution in [2.24, 2.45) is 0 Å². The molecular formula is C11H13N5O. The summed E-state index contributed by atoms with van der Waals surface area (Å²) in [5.74, 6) is 1.31. The van der Waals surface area contributed by atoms with Gasteiger partial charge in [-0.3, -0.25) is 0 Å². The third-order valence-corrected chi connectivity index (χ3v) is 2.30. The fourth-order valence-electron chi connectivity index (χ4n) is 1.42. The van der Waals surface area contributed by atoms with Crippen LogP contribution in [-0.2, 0) is 6.54 Å². The summed E-state index contributed by atoms with van der Waals surface area (Å²) in [7, 11) is 1.59. The predicted octanol–water partition coefficient (Wildman–Crippen LogP) is 1.20. The topological polar surface area (TPSA) is 72.8 Å². The van der Waals surface area contributed by atoms with Crippen LogP contribution in [0.3, 0.4) is 0 Å². The van der Waals surface area contributed by atoms with Gasteiger partial charge in [0.25, 0.3) is 0 Å². The van der Waals surface area contributed by atoms with Crippen LogP contribution in [0.1, 0.15) is 11.3 Å². The van der Waals surface area contributed by atoms with Gasteiger partial charge in [0.15, 0.2) is 0 Å². The number of rotatable bonds is 4. The van der Waals surface area contributed by atoms with Gasteiger partial charge < -0.3 is 10.1 Å². The normalized spacial score (nSPS) is 10.0. The molecule has 17 heavy (non-hydrogen) atoms. The number of aromatic nitrogens is 4. The Kier molecular flexibility index (Phi) is 3.44. The van der Waals surface area contributed by atoms with Crippen molar-refractivity contribution in [3.8, 4) is 5.88 Å². The van der Waals surface area contributed by atoms with E-state index in [4.69, 9.17) is 4.74 Å². The first-order valence-electron chi connectivity index (χ1n) is 5.17. The minimum atomic E-state index is 0.564. The molecule has 2 rings (SSSR count). The molecule has 0 atom stereocenters.